The van der Waals surface area contributed by atoms with Gasteiger partial charge in [-0.3, -0.25) is 4.79 Å². The van der Waals surface area contributed by atoms with Crippen LogP contribution in [-0.2, 0) is 17.8 Å². The molecule has 0 unspecified atom stereocenters. The van der Waals surface area contributed by atoms with E-state index in [0.29, 0.717) is 41.0 Å². The Labute approximate surface area is 183 Å². The van der Waals surface area contributed by atoms with Gasteiger partial charge in [0, 0.05) is 11.8 Å². The van der Waals surface area contributed by atoms with Gasteiger partial charge in [0.15, 0.2) is 0 Å². The molecule has 0 spiro atoms. The van der Waals surface area contributed by atoms with Gasteiger partial charge in [0.25, 0.3) is 0 Å². The van der Waals surface area contributed by atoms with Crippen LogP contribution in [0.3, 0.4) is 0 Å². The summed E-state index contributed by atoms with van der Waals surface area (Å²) in [4.78, 5) is 17.9. The molecule has 2 heterocycles. The molecular weight excluding hydrogens is 410 g/mol. The first-order valence-corrected chi connectivity index (χ1v) is 10.5. The lowest BCUT2D eigenvalue weighted by Gasteiger charge is -2.09. The molecule has 0 bridgehead atoms. The molecule has 0 saturated carbocycles. The molecule has 6 nitrogen and oxygen atoms in total. The average molecular weight is 430 g/mol. The van der Waals surface area contributed by atoms with Crippen LogP contribution in [0.2, 0.25) is 0 Å². The van der Waals surface area contributed by atoms with E-state index in [4.69, 9.17) is 14.4 Å². The van der Waals surface area contributed by atoms with Crippen LogP contribution >= 0.6 is 11.3 Å². The Bertz CT molecular complexity index is 1240. The van der Waals surface area contributed by atoms with E-state index >= 15 is 0 Å². The fraction of sp³-hybridized carbons (Fsp3) is 0.125. The number of carbonyl (C=O) groups excluding carboxylic acids is 1. The van der Waals surface area contributed by atoms with E-state index < -0.39 is 0 Å². The predicted molar refractivity (Wildman–Crippen MR) is 119 cm³/mol. The summed E-state index contributed by atoms with van der Waals surface area (Å²) in [5.74, 6) is 1.60. The average Bonchev–Trinajstić information content (AvgIpc) is 3.43. The summed E-state index contributed by atoms with van der Waals surface area (Å²) in [5.41, 5.74) is 2.74. The van der Waals surface area contributed by atoms with Gasteiger partial charge in [0.2, 0.25) is 11.8 Å². The number of aryl methyl sites for hydroxylation is 1. The van der Waals surface area contributed by atoms with E-state index in [0.717, 1.165) is 10.4 Å². The summed E-state index contributed by atoms with van der Waals surface area (Å²) in [5, 5.41) is 13.8. The highest BCUT2D eigenvalue weighted by atomic mass is 32.1. The minimum Gasteiger partial charge on any atom is -0.489 e. The summed E-state index contributed by atoms with van der Waals surface area (Å²) in [6, 6.07) is 20.4. The number of thiophene rings is 1. The van der Waals surface area contributed by atoms with Gasteiger partial charge in [0.05, 0.1) is 28.6 Å². The van der Waals surface area contributed by atoms with E-state index in [1.54, 1.807) is 24.3 Å². The van der Waals surface area contributed by atoms with Crippen LogP contribution in [0.1, 0.15) is 22.6 Å². The molecule has 1 N–H and O–H groups in total. The third-order valence-electron chi connectivity index (χ3n) is 4.53. The Morgan fingerprint density at radius 2 is 2.06 bits per heavy atom. The lowest BCUT2D eigenvalue weighted by atomic mass is 10.1. The molecule has 7 heteroatoms. The molecule has 1 amide bonds. The summed E-state index contributed by atoms with van der Waals surface area (Å²) in [6.07, 6.45) is 0.118. The van der Waals surface area contributed by atoms with Gasteiger partial charge in [-0.2, -0.15) is 5.26 Å². The first-order chi connectivity index (χ1) is 15.1. The maximum atomic E-state index is 12.5. The molecule has 4 aromatic rings. The number of amides is 1. The number of nitrogens with one attached hydrogen (secondary N) is 1. The van der Waals surface area contributed by atoms with Crippen molar-refractivity contribution in [1.82, 2.24) is 4.98 Å². The zero-order chi connectivity index (χ0) is 21.6. The molecule has 0 aliphatic rings. The molecule has 0 atom stereocenters. The molecule has 154 valence electrons. The topological polar surface area (TPSA) is 88.2 Å². The summed E-state index contributed by atoms with van der Waals surface area (Å²) >= 11 is 1.54. The number of nitrogens with zero attached hydrogens (tertiary/aromatic N) is 2. The molecule has 0 fully saturated rings. The van der Waals surface area contributed by atoms with Crippen LogP contribution in [0.5, 0.6) is 5.75 Å². The molecule has 31 heavy (non-hydrogen) atoms. The monoisotopic (exact) mass is 429 g/mol. The van der Waals surface area contributed by atoms with Gasteiger partial charge in [-0.15, -0.1) is 11.3 Å². The number of hydrogen-bond donors (Lipinski definition) is 1. The lowest BCUT2D eigenvalue weighted by Crippen LogP contribution is -2.15. The molecular formula is C24H19N3O3S. The van der Waals surface area contributed by atoms with E-state index in [2.05, 4.69) is 16.4 Å². The standard InChI is InChI=1S/C24H19N3O3S/c1-16-21(27-24(30-16)22-9-4-10-31-22)13-23(28)26-19-7-3-8-20(12-19)29-15-18-6-2-5-17(11-18)14-25/h2-12H,13,15H2,1H3,(H,26,28). The third-order valence-corrected chi connectivity index (χ3v) is 5.39. The summed E-state index contributed by atoms with van der Waals surface area (Å²) in [6.45, 7) is 2.14. The van der Waals surface area contributed by atoms with Crippen LogP contribution in [0, 0.1) is 18.3 Å². The van der Waals surface area contributed by atoms with Gasteiger partial charge >= 0.3 is 0 Å². The smallest absolute Gasteiger partial charge is 0.236 e. The van der Waals surface area contributed by atoms with Crippen molar-refractivity contribution in [3.8, 4) is 22.6 Å². The molecule has 4 rings (SSSR count). The first kappa shape index (κ1) is 20.4. The maximum Gasteiger partial charge on any atom is 0.236 e. The van der Waals surface area contributed by atoms with Crippen molar-refractivity contribution in [3.63, 3.8) is 0 Å². The summed E-state index contributed by atoms with van der Waals surface area (Å²) < 4.78 is 11.5. The van der Waals surface area contributed by atoms with Crippen LogP contribution < -0.4 is 10.1 Å². The van der Waals surface area contributed by atoms with Crippen molar-refractivity contribution in [3.05, 3.63) is 88.6 Å². The van der Waals surface area contributed by atoms with E-state index in [-0.39, 0.29) is 12.3 Å². The van der Waals surface area contributed by atoms with Gasteiger partial charge in [-0.1, -0.05) is 24.3 Å². The number of nitriles is 1. The van der Waals surface area contributed by atoms with Gasteiger partial charge in [-0.25, -0.2) is 4.98 Å². The van der Waals surface area contributed by atoms with Crippen molar-refractivity contribution in [2.45, 2.75) is 20.0 Å². The van der Waals surface area contributed by atoms with Crippen molar-refractivity contribution >= 4 is 22.9 Å². The normalized spacial score (nSPS) is 10.5. The Morgan fingerprint density at radius 1 is 1.19 bits per heavy atom. The molecule has 2 aromatic heterocycles. The number of ether oxygens (including phenoxy) is 1. The molecule has 0 saturated heterocycles. The highest BCUT2D eigenvalue weighted by molar-refractivity contribution is 7.13. The van der Waals surface area contributed by atoms with E-state index in [1.807, 2.05) is 48.7 Å². The molecule has 0 radical (unpaired) electrons. The minimum atomic E-state index is -0.187. The number of rotatable bonds is 7. The second-order valence-corrected chi connectivity index (χ2v) is 7.80. The van der Waals surface area contributed by atoms with Gasteiger partial charge < -0.3 is 14.5 Å². The van der Waals surface area contributed by atoms with Crippen LogP contribution in [0.25, 0.3) is 10.8 Å². The van der Waals surface area contributed by atoms with Gasteiger partial charge in [0.1, 0.15) is 18.1 Å². The number of benzene rings is 2. The third kappa shape index (κ3) is 5.18. The quantitative estimate of drug-likeness (QED) is 0.428. The Balaban J connectivity index is 1.37. The number of hydrogen-bond acceptors (Lipinski definition) is 6. The zero-order valence-electron chi connectivity index (χ0n) is 16.8. The van der Waals surface area contributed by atoms with Crippen LogP contribution in [-0.4, -0.2) is 10.9 Å². The second-order valence-electron chi connectivity index (χ2n) is 6.85. The maximum absolute atomic E-state index is 12.5. The number of anilines is 1. The minimum absolute atomic E-state index is 0.118. The summed E-state index contributed by atoms with van der Waals surface area (Å²) in [7, 11) is 0. The van der Waals surface area contributed by atoms with Crippen molar-refractivity contribution < 1.29 is 13.9 Å². The highest BCUT2D eigenvalue weighted by Gasteiger charge is 2.15. The van der Waals surface area contributed by atoms with E-state index in [1.165, 1.54) is 11.3 Å². The van der Waals surface area contributed by atoms with Crippen LogP contribution in [0.15, 0.2) is 70.5 Å². The second kappa shape index (κ2) is 9.28. The number of oxazole rings is 1. The molecule has 0 aliphatic carbocycles. The van der Waals surface area contributed by atoms with Crippen LogP contribution in [0.4, 0.5) is 5.69 Å². The number of carbonyl (C=O) groups is 1. The molecule has 2 aromatic carbocycles. The predicted octanol–water partition coefficient (Wildman–Crippen LogP) is 5.34. The van der Waals surface area contributed by atoms with Gasteiger partial charge in [-0.05, 0) is 48.2 Å². The van der Waals surface area contributed by atoms with Crippen molar-refractivity contribution in [1.29, 1.82) is 5.26 Å². The Hall–Kier alpha value is -3.89. The Kier molecular flexibility index (Phi) is 6.11. The first-order valence-electron chi connectivity index (χ1n) is 9.62. The molecule has 0 aliphatic heterocycles. The van der Waals surface area contributed by atoms with Crippen molar-refractivity contribution in [2.24, 2.45) is 0 Å². The number of aromatic nitrogens is 1. The largest absolute Gasteiger partial charge is 0.489 e. The highest BCUT2D eigenvalue weighted by Crippen LogP contribution is 2.26. The lowest BCUT2D eigenvalue weighted by molar-refractivity contribution is -0.115. The zero-order valence-corrected chi connectivity index (χ0v) is 17.6. The van der Waals surface area contributed by atoms with E-state index in [9.17, 15) is 4.79 Å². The fourth-order valence-corrected chi connectivity index (χ4v) is 3.66. The van der Waals surface area contributed by atoms with Crippen molar-refractivity contribution in [2.75, 3.05) is 5.32 Å². The fourth-order valence-electron chi connectivity index (χ4n) is 3.02. The SMILES string of the molecule is Cc1oc(-c2cccs2)nc1CC(=O)Nc1cccc(OCc2cccc(C#N)c2)c1. The Morgan fingerprint density at radius 3 is 2.87 bits per heavy atom.